The first kappa shape index (κ1) is 11.5. The normalized spacial score (nSPS) is 12.6. The van der Waals surface area contributed by atoms with E-state index in [0.29, 0.717) is 6.61 Å². The van der Waals surface area contributed by atoms with E-state index in [1.165, 1.54) is 0 Å². The molecule has 4 heteroatoms. The predicted molar refractivity (Wildman–Crippen MR) is 58.6 cm³/mol. The lowest BCUT2D eigenvalue weighted by molar-refractivity contribution is 0.0715. The lowest BCUT2D eigenvalue weighted by Crippen LogP contribution is -2.16. The molecular formula is C10H14BrNO2. The number of hydrogen-bond acceptors (Lipinski definition) is 3. The van der Waals surface area contributed by atoms with Gasteiger partial charge in [0, 0.05) is 11.6 Å². The number of halogens is 1. The van der Waals surface area contributed by atoms with Crippen molar-refractivity contribution in [1.82, 2.24) is 4.98 Å². The number of aromatic nitrogens is 1. The van der Waals surface area contributed by atoms with Crippen molar-refractivity contribution in [1.29, 1.82) is 0 Å². The number of rotatable bonds is 4. The minimum atomic E-state index is 0.0927. The lowest BCUT2D eigenvalue weighted by atomic mass is 10.3. The Kier molecular flexibility index (Phi) is 4.35. The van der Waals surface area contributed by atoms with Crippen LogP contribution in [0, 0.1) is 6.92 Å². The van der Waals surface area contributed by atoms with Crippen LogP contribution in [-0.4, -0.2) is 24.8 Å². The third-order valence-corrected chi connectivity index (χ3v) is 2.69. The summed E-state index contributed by atoms with van der Waals surface area (Å²) in [5.41, 5.74) is 0.956. The first-order valence-corrected chi connectivity index (χ1v) is 5.20. The van der Waals surface area contributed by atoms with E-state index in [-0.39, 0.29) is 6.10 Å². The molecule has 0 fully saturated rings. The Labute approximate surface area is 92.6 Å². The molecule has 1 heterocycles. The maximum Gasteiger partial charge on any atom is 0.138 e. The van der Waals surface area contributed by atoms with Crippen molar-refractivity contribution in [2.75, 3.05) is 13.7 Å². The minimum absolute atomic E-state index is 0.0927. The molecule has 0 amide bonds. The summed E-state index contributed by atoms with van der Waals surface area (Å²) in [7, 11) is 1.66. The van der Waals surface area contributed by atoms with E-state index in [1.807, 2.05) is 19.9 Å². The van der Waals surface area contributed by atoms with Gasteiger partial charge in [-0.1, -0.05) is 0 Å². The van der Waals surface area contributed by atoms with Crippen molar-refractivity contribution < 1.29 is 9.47 Å². The summed E-state index contributed by atoms with van der Waals surface area (Å²) in [6.07, 6.45) is 1.80. The van der Waals surface area contributed by atoms with Gasteiger partial charge in [0.2, 0.25) is 0 Å². The Bertz CT molecular complexity index is 304. The topological polar surface area (TPSA) is 31.4 Å². The van der Waals surface area contributed by atoms with E-state index in [0.717, 1.165) is 15.9 Å². The quantitative estimate of drug-likeness (QED) is 0.833. The van der Waals surface area contributed by atoms with Gasteiger partial charge in [0.25, 0.3) is 0 Å². The Balaban J connectivity index is 2.55. The van der Waals surface area contributed by atoms with Crippen LogP contribution in [0.15, 0.2) is 16.7 Å². The second kappa shape index (κ2) is 5.32. The summed E-state index contributed by atoms with van der Waals surface area (Å²) in [6.45, 7) is 4.43. The Hall–Kier alpha value is -0.610. The molecule has 1 aromatic rings. The second-order valence-electron chi connectivity index (χ2n) is 3.10. The zero-order chi connectivity index (χ0) is 10.6. The van der Waals surface area contributed by atoms with Crippen LogP contribution in [0.2, 0.25) is 0 Å². The summed E-state index contributed by atoms with van der Waals surface area (Å²) >= 11 is 3.40. The fraction of sp³-hybridized carbons (Fsp3) is 0.500. The second-order valence-corrected chi connectivity index (χ2v) is 3.95. The van der Waals surface area contributed by atoms with Crippen LogP contribution in [0.25, 0.3) is 0 Å². The maximum atomic E-state index is 5.48. The largest absolute Gasteiger partial charge is 0.489 e. The molecule has 0 aromatic carbocycles. The van der Waals surface area contributed by atoms with Gasteiger partial charge in [-0.3, -0.25) is 4.98 Å². The highest BCUT2D eigenvalue weighted by molar-refractivity contribution is 9.10. The zero-order valence-electron chi connectivity index (χ0n) is 8.58. The molecule has 0 aliphatic rings. The molecule has 1 aromatic heterocycles. The van der Waals surface area contributed by atoms with Crippen molar-refractivity contribution in [3.8, 4) is 5.75 Å². The molecule has 0 aliphatic heterocycles. The summed E-state index contributed by atoms with van der Waals surface area (Å²) in [6, 6.07) is 1.91. The SMILES string of the molecule is COC(C)COc1cnc(C)c(Br)c1. The average Bonchev–Trinajstić information content (AvgIpc) is 2.19. The molecule has 0 radical (unpaired) electrons. The molecule has 0 spiro atoms. The van der Waals surface area contributed by atoms with Crippen molar-refractivity contribution >= 4 is 15.9 Å². The van der Waals surface area contributed by atoms with Gasteiger partial charge in [-0.15, -0.1) is 0 Å². The zero-order valence-corrected chi connectivity index (χ0v) is 10.2. The van der Waals surface area contributed by atoms with Gasteiger partial charge in [-0.2, -0.15) is 0 Å². The van der Waals surface area contributed by atoms with Gasteiger partial charge >= 0.3 is 0 Å². The fourth-order valence-electron chi connectivity index (χ4n) is 0.849. The van der Waals surface area contributed by atoms with Gasteiger partial charge in [-0.05, 0) is 35.8 Å². The summed E-state index contributed by atoms with van der Waals surface area (Å²) in [4.78, 5) is 4.17. The van der Waals surface area contributed by atoms with E-state index < -0.39 is 0 Å². The smallest absolute Gasteiger partial charge is 0.138 e. The fourth-order valence-corrected chi connectivity index (χ4v) is 1.18. The molecule has 0 aliphatic carbocycles. The molecule has 0 bridgehead atoms. The van der Waals surface area contributed by atoms with E-state index in [1.54, 1.807) is 13.3 Å². The lowest BCUT2D eigenvalue weighted by Gasteiger charge is -2.11. The summed E-state index contributed by atoms with van der Waals surface area (Å²) in [5, 5.41) is 0. The number of nitrogens with zero attached hydrogens (tertiary/aromatic N) is 1. The number of methoxy groups -OCH3 is 1. The molecule has 0 saturated heterocycles. The molecular weight excluding hydrogens is 246 g/mol. The van der Waals surface area contributed by atoms with Crippen molar-refractivity contribution in [3.05, 3.63) is 22.4 Å². The maximum absolute atomic E-state index is 5.48. The molecule has 14 heavy (non-hydrogen) atoms. The molecule has 1 rings (SSSR count). The van der Waals surface area contributed by atoms with E-state index in [2.05, 4.69) is 20.9 Å². The van der Waals surface area contributed by atoms with Crippen molar-refractivity contribution in [2.45, 2.75) is 20.0 Å². The van der Waals surface area contributed by atoms with Gasteiger partial charge in [0.1, 0.15) is 12.4 Å². The molecule has 0 N–H and O–H groups in total. The van der Waals surface area contributed by atoms with Crippen LogP contribution in [0.1, 0.15) is 12.6 Å². The van der Waals surface area contributed by atoms with Crippen molar-refractivity contribution in [2.24, 2.45) is 0 Å². The molecule has 0 saturated carbocycles. The highest BCUT2D eigenvalue weighted by Crippen LogP contribution is 2.19. The highest BCUT2D eigenvalue weighted by atomic mass is 79.9. The molecule has 78 valence electrons. The van der Waals surface area contributed by atoms with Crippen molar-refractivity contribution in [3.63, 3.8) is 0 Å². The van der Waals surface area contributed by atoms with Crippen LogP contribution in [0.5, 0.6) is 5.75 Å². The van der Waals surface area contributed by atoms with Crippen LogP contribution >= 0.6 is 15.9 Å². The average molecular weight is 260 g/mol. The van der Waals surface area contributed by atoms with Crippen LogP contribution < -0.4 is 4.74 Å². The van der Waals surface area contributed by atoms with E-state index >= 15 is 0 Å². The Morgan fingerprint density at radius 3 is 2.86 bits per heavy atom. The number of aryl methyl sites for hydroxylation is 1. The monoisotopic (exact) mass is 259 g/mol. The van der Waals surface area contributed by atoms with Crippen LogP contribution in [-0.2, 0) is 4.74 Å². The summed E-state index contributed by atoms with van der Waals surface area (Å²) in [5.74, 6) is 0.756. The molecule has 1 unspecified atom stereocenters. The molecule has 1 atom stereocenters. The summed E-state index contributed by atoms with van der Waals surface area (Å²) < 4.78 is 11.5. The first-order chi connectivity index (χ1) is 6.63. The standard InChI is InChI=1S/C10H14BrNO2/c1-7(13-3)6-14-9-4-10(11)8(2)12-5-9/h4-5,7H,6H2,1-3H3. The van der Waals surface area contributed by atoms with E-state index in [4.69, 9.17) is 9.47 Å². The first-order valence-electron chi connectivity index (χ1n) is 4.41. The minimum Gasteiger partial charge on any atom is -0.489 e. The van der Waals surface area contributed by atoms with Gasteiger partial charge < -0.3 is 9.47 Å². The van der Waals surface area contributed by atoms with E-state index in [9.17, 15) is 0 Å². The van der Waals surface area contributed by atoms with Crippen LogP contribution in [0.4, 0.5) is 0 Å². The van der Waals surface area contributed by atoms with Gasteiger partial charge in [0.15, 0.2) is 0 Å². The Morgan fingerprint density at radius 2 is 2.29 bits per heavy atom. The number of ether oxygens (including phenoxy) is 2. The molecule has 3 nitrogen and oxygen atoms in total. The van der Waals surface area contributed by atoms with Crippen LogP contribution in [0.3, 0.4) is 0 Å². The van der Waals surface area contributed by atoms with Gasteiger partial charge in [0.05, 0.1) is 18.0 Å². The number of hydrogen-bond donors (Lipinski definition) is 0. The Morgan fingerprint density at radius 1 is 1.57 bits per heavy atom. The third kappa shape index (κ3) is 3.27. The van der Waals surface area contributed by atoms with Gasteiger partial charge in [-0.25, -0.2) is 0 Å². The third-order valence-electron chi connectivity index (χ3n) is 1.89. The highest BCUT2D eigenvalue weighted by Gasteiger charge is 2.03. The number of pyridine rings is 1. The predicted octanol–water partition coefficient (Wildman–Crippen LogP) is 2.57.